The Bertz CT molecular complexity index is 993. The van der Waals surface area contributed by atoms with Crippen molar-refractivity contribution in [2.45, 2.75) is 30.7 Å². The number of carbonyl (C=O) groups excluding carboxylic acids is 2. The number of thioether (sulfide) groups is 2. The third-order valence-electron chi connectivity index (χ3n) is 4.83. The number of rotatable bonds is 7. The van der Waals surface area contributed by atoms with Crippen molar-refractivity contribution in [3.63, 3.8) is 0 Å². The summed E-state index contributed by atoms with van der Waals surface area (Å²) in [5.41, 5.74) is 3.63. The fraction of sp³-hybridized carbons (Fsp3) is 0.261. The number of nitriles is 1. The van der Waals surface area contributed by atoms with Gasteiger partial charge in [0.1, 0.15) is 0 Å². The highest BCUT2D eigenvalue weighted by molar-refractivity contribution is 8.03. The van der Waals surface area contributed by atoms with E-state index in [-0.39, 0.29) is 29.9 Å². The Kier molecular flexibility index (Phi) is 7.61. The second-order valence-corrected chi connectivity index (χ2v) is 8.85. The second-order valence-electron chi connectivity index (χ2n) is 6.98. The van der Waals surface area contributed by atoms with Crippen LogP contribution in [0.4, 0.5) is 0 Å². The Morgan fingerprint density at radius 3 is 2.53 bits per heavy atom. The number of benzene rings is 2. The van der Waals surface area contributed by atoms with Crippen molar-refractivity contribution in [1.82, 2.24) is 10.6 Å². The van der Waals surface area contributed by atoms with Gasteiger partial charge in [0.2, 0.25) is 11.8 Å². The number of carbonyl (C=O) groups is 2. The lowest BCUT2D eigenvalue weighted by atomic mass is 9.87. The van der Waals surface area contributed by atoms with Crippen molar-refractivity contribution in [1.29, 1.82) is 5.26 Å². The molecule has 0 aliphatic carbocycles. The number of allylic oxidation sites excluding steroid dienone is 1. The molecule has 30 heavy (non-hydrogen) atoms. The molecule has 3 rings (SSSR count). The van der Waals surface area contributed by atoms with Crippen LogP contribution < -0.4 is 10.6 Å². The van der Waals surface area contributed by atoms with Crippen LogP contribution in [0, 0.1) is 18.3 Å². The molecule has 154 valence electrons. The average Bonchev–Trinajstić information content (AvgIpc) is 2.77. The summed E-state index contributed by atoms with van der Waals surface area (Å²) >= 11 is 2.84. The lowest BCUT2D eigenvalue weighted by molar-refractivity contribution is -0.121. The van der Waals surface area contributed by atoms with Gasteiger partial charge in [-0.3, -0.25) is 9.59 Å². The van der Waals surface area contributed by atoms with Crippen LogP contribution in [0.3, 0.4) is 0 Å². The van der Waals surface area contributed by atoms with Crippen molar-refractivity contribution in [3.8, 4) is 6.07 Å². The highest BCUT2D eigenvalue weighted by Crippen LogP contribution is 2.36. The summed E-state index contributed by atoms with van der Waals surface area (Å²) in [6, 6.07) is 18.1. The van der Waals surface area contributed by atoms with E-state index >= 15 is 0 Å². The number of nitrogens with one attached hydrogen (secondary N) is 2. The maximum absolute atomic E-state index is 12.3. The van der Waals surface area contributed by atoms with Crippen molar-refractivity contribution in [2.75, 3.05) is 12.0 Å². The Morgan fingerprint density at radius 2 is 1.90 bits per heavy atom. The van der Waals surface area contributed by atoms with Gasteiger partial charge in [-0.15, -0.1) is 11.8 Å². The molecule has 1 aliphatic heterocycles. The van der Waals surface area contributed by atoms with E-state index in [2.05, 4.69) is 16.7 Å². The first kappa shape index (κ1) is 22.0. The predicted molar refractivity (Wildman–Crippen MR) is 122 cm³/mol. The van der Waals surface area contributed by atoms with Gasteiger partial charge in [0.15, 0.2) is 0 Å². The molecule has 1 aliphatic rings. The normalized spacial score (nSPS) is 16.0. The quantitative estimate of drug-likeness (QED) is 0.637. The zero-order valence-corrected chi connectivity index (χ0v) is 18.5. The zero-order chi connectivity index (χ0) is 21.5. The number of nitrogens with zero attached hydrogens (tertiary/aromatic N) is 1. The number of aryl methyl sites for hydroxylation is 1. The second kappa shape index (κ2) is 10.4. The SMILES string of the molecule is CSc1ccc([C@@H]2CC(=O)NC(SCC(=O)NCc3ccc(C)cc3)=C2C#N)cc1. The van der Waals surface area contributed by atoms with Gasteiger partial charge in [-0.1, -0.05) is 53.7 Å². The first-order valence-electron chi connectivity index (χ1n) is 9.53. The van der Waals surface area contributed by atoms with Crippen LogP contribution in [0.25, 0.3) is 0 Å². The highest BCUT2D eigenvalue weighted by atomic mass is 32.2. The molecule has 1 heterocycles. The third kappa shape index (κ3) is 5.68. The van der Waals surface area contributed by atoms with E-state index in [1.54, 1.807) is 11.8 Å². The Labute approximate surface area is 185 Å². The molecule has 0 radical (unpaired) electrons. The summed E-state index contributed by atoms with van der Waals surface area (Å²) in [7, 11) is 0. The number of hydrogen-bond acceptors (Lipinski definition) is 5. The fourth-order valence-corrected chi connectivity index (χ4v) is 4.46. The molecule has 7 heteroatoms. The van der Waals surface area contributed by atoms with E-state index in [1.165, 1.54) is 17.3 Å². The molecule has 0 bridgehead atoms. The zero-order valence-electron chi connectivity index (χ0n) is 16.9. The van der Waals surface area contributed by atoms with Crippen LogP contribution in [-0.2, 0) is 16.1 Å². The molecule has 0 fully saturated rings. The van der Waals surface area contributed by atoms with E-state index < -0.39 is 0 Å². The van der Waals surface area contributed by atoms with Crippen molar-refractivity contribution >= 4 is 35.3 Å². The van der Waals surface area contributed by atoms with E-state index in [1.807, 2.05) is 61.7 Å². The lowest BCUT2D eigenvalue weighted by Gasteiger charge is -2.25. The average molecular weight is 438 g/mol. The first-order valence-corrected chi connectivity index (χ1v) is 11.7. The highest BCUT2D eigenvalue weighted by Gasteiger charge is 2.29. The molecule has 2 aromatic carbocycles. The maximum atomic E-state index is 12.3. The number of amides is 2. The molecular formula is C23H23N3O2S2. The molecule has 2 N–H and O–H groups in total. The van der Waals surface area contributed by atoms with Crippen LogP contribution in [-0.4, -0.2) is 23.8 Å². The summed E-state index contributed by atoms with van der Waals surface area (Å²) in [6.07, 6.45) is 2.23. The summed E-state index contributed by atoms with van der Waals surface area (Å²) in [5, 5.41) is 15.9. The molecule has 0 spiro atoms. The van der Waals surface area contributed by atoms with E-state index in [0.717, 1.165) is 16.0 Å². The third-order valence-corrected chi connectivity index (χ3v) is 6.59. The minimum atomic E-state index is -0.294. The lowest BCUT2D eigenvalue weighted by Crippen LogP contribution is -2.32. The summed E-state index contributed by atoms with van der Waals surface area (Å²) in [5.74, 6) is -0.454. The van der Waals surface area contributed by atoms with Crippen LogP contribution >= 0.6 is 23.5 Å². The van der Waals surface area contributed by atoms with Gasteiger partial charge in [0.25, 0.3) is 0 Å². The largest absolute Gasteiger partial charge is 0.351 e. The standard InChI is InChI=1S/C23H23N3O2S2/c1-15-3-5-16(6-4-15)13-25-22(28)14-30-23-20(12-24)19(11-21(27)26-23)17-7-9-18(29-2)10-8-17/h3-10,19H,11,13-14H2,1-2H3,(H,25,28)(H,26,27)/t19-/m0/s1. The van der Waals surface area contributed by atoms with Crippen molar-refractivity contribution in [2.24, 2.45) is 0 Å². The van der Waals surface area contributed by atoms with Crippen molar-refractivity contribution in [3.05, 3.63) is 75.8 Å². The van der Waals surface area contributed by atoms with Crippen LogP contribution in [0.15, 0.2) is 64.0 Å². The van der Waals surface area contributed by atoms with Gasteiger partial charge in [-0.25, -0.2) is 0 Å². The Hall–Kier alpha value is -2.69. The molecular weight excluding hydrogens is 414 g/mol. The molecule has 5 nitrogen and oxygen atoms in total. The first-order chi connectivity index (χ1) is 14.5. The molecule has 0 aromatic heterocycles. The Balaban J connectivity index is 1.66. The minimum absolute atomic E-state index is 0.130. The molecule has 1 atom stereocenters. The van der Waals surface area contributed by atoms with Crippen LogP contribution in [0.1, 0.15) is 29.0 Å². The molecule has 0 unspecified atom stereocenters. The van der Waals surface area contributed by atoms with Crippen LogP contribution in [0.2, 0.25) is 0 Å². The maximum Gasteiger partial charge on any atom is 0.230 e. The van der Waals surface area contributed by atoms with Gasteiger partial charge >= 0.3 is 0 Å². The predicted octanol–water partition coefficient (Wildman–Crippen LogP) is 4.11. The van der Waals surface area contributed by atoms with Crippen LogP contribution in [0.5, 0.6) is 0 Å². The monoisotopic (exact) mass is 437 g/mol. The van der Waals surface area contributed by atoms with E-state index in [9.17, 15) is 14.9 Å². The Morgan fingerprint density at radius 1 is 1.20 bits per heavy atom. The van der Waals surface area contributed by atoms with E-state index in [0.29, 0.717) is 17.1 Å². The molecule has 2 amide bonds. The topological polar surface area (TPSA) is 82.0 Å². The summed E-state index contributed by atoms with van der Waals surface area (Å²) in [6.45, 7) is 2.46. The van der Waals surface area contributed by atoms with E-state index in [4.69, 9.17) is 0 Å². The minimum Gasteiger partial charge on any atom is -0.351 e. The summed E-state index contributed by atoms with van der Waals surface area (Å²) in [4.78, 5) is 25.7. The van der Waals surface area contributed by atoms with Gasteiger partial charge < -0.3 is 10.6 Å². The summed E-state index contributed by atoms with van der Waals surface area (Å²) < 4.78 is 0. The van der Waals surface area contributed by atoms with Gasteiger partial charge in [0, 0.05) is 23.8 Å². The number of hydrogen-bond donors (Lipinski definition) is 2. The van der Waals surface area contributed by atoms with Gasteiger partial charge in [-0.05, 0) is 36.4 Å². The van der Waals surface area contributed by atoms with Gasteiger partial charge in [-0.2, -0.15) is 5.26 Å². The van der Waals surface area contributed by atoms with Crippen molar-refractivity contribution < 1.29 is 9.59 Å². The fourth-order valence-electron chi connectivity index (χ4n) is 3.15. The smallest absolute Gasteiger partial charge is 0.230 e. The van der Waals surface area contributed by atoms with Gasteiger partial charge in [0.05, 0.1) is 22.4 Å². The molecule has 0 saturated heterocycles. The molecule has 0 saturated carbocycles. The molecule has 2 aromatic rings.